The van der Waals surface area contributed by atoms with Gasteiger partial charge in [-0.15, -0.1) is 0 Å². The number of ether oxygens (including phenoxy) is 1. The van der Waals surface area contributed by atoms with E-state index in [1.807, 2.05) is 12.5 Å². The number of thiol groups is 1. The quantitative estimate of drug-likeness (QED) is 0.101. The lowest BCUT2D eigenvalue weighted by atomic mass is 10.2. The largest absolute Gasteiger partial charge is 0.383 e. The van der Waals surface area contributed by atoms with E-state index in [0.717, 1.165) is 52.4 Å². The summed E-state index contributed by atoms with van der Waals surface area (Å²) in [5.41, 5.74) is 0. The fraction of sp³-hybridized carbons (Fsp3) is 0.826. The van der Waals surface area contributed by atoms with Gasteiger partial charge in [-0.3, -0.25) is 39.9 Å². The molecule has 4 amide bonds. The molecule has 0 atom stereocenters. The van der Waals surface area contributed by atoms with E-state index >= 15 is 0 Å². The predicted octanol–water partition coefficient (Wildman–Crippen LogP) is -2.01. The fourth-order valence-corrected chi connectivity index (χ4v) is 4.31. The first-order valence-corrected chi connectivity index (χ1v) is 15.0. The van der Waals surface area contributed by atoms with Crippen LogP contribution in [0.3, 0.4) is 0 Å². The zero-order valence-corrected chi connectivity index (χ0v) is 23.3. The average molecular weight is 534 g/mol. The summed E-state index contributed by atoms with van der Waals surface area (Å²) in [4.78, 5) is 54.1. The number of nitrogens with one attached hydrogen (secondary N) is 4. The topological polar surface area (TPSA) is 135 Å². The molecule has 0 saturated carbocycles. The van der Waals surface area contributed by atoms with Crippen molar-refractivity contribution >= 4 is 34.5 Å². The number of rotatable bonds is 18. The molecule has 1 heterocycles. The minimum Gasteiger partial charge on any atom is -0.383 e. The highest BCUT2D eigenvalue weighted by Crippen LogP contribution is 2.10. The standard InChI is InChI=1S/C23H47N7O5S/c1-20(31)24-18-25-21(32)5-7-28(8-6-22(33)26-19-27-23(34)17-36(3)4)9-10-29-11-13-30(14-12-29)15-16-35-2/h36H,5-19H2,1-4H3,(H,24,31)(H,25,32)(H,26,33)(H,27,34). The monoisotopic (exact) mass is 533 g/mol. The molecule has 1 aliphatic heterocycles. The molecule has 12 nitrogen and oxygen atoms in total. The van der Waals surface area contributed by atoms with Crippen LogP contribution in [0, 0.1) is 0 Å². The minimum absolute atomic E-state index is 0.0550. The predicted molar refractivity (Wildman–Crippen MR) is 144 cm³/mol. The molecular formula is C23H47N7O5S. The van der Waals surface area contributed by atoms with Crippen LogP contribution in [0.1, 0.15) is 19.8 Å². The number of hydrogen-bond donors (Lipinski definition) is 5. The van der Waals surface area contributed by atoms with Gasteiger partial charge in [0.2, 0.25) is 23.6 Å². The molecule has 0 spiro atoms. The van der Waals surface area contributed by atoms with E-state index < -0.39 is 0 Å². The SMILES string of the molecule is COCCN1CCN(CCN(CCC(=O)NCNC(C)=O)CCC(=O)NCNC(=O)C[SH](C)C)CC1. The molecule has 0 bridgehead atoms. The van der Waals surface area contributed by atoms with Crippen LogP contribution in [0.5, 0.6) is 0 Å². The first-order valence-electron chi connectivity index (χ1n) is 12.5. The van der Waals surface area contributed by atoms with Gasteiger partial charge in [0.05, 0.1) is 25.7 Å². The van der Waals surface area contributed by atoms with Crippen molar-refractivity contribution in [2.75, 3.05) is 104 Å². The molecule has 4 N–H and O–H groups in total. The third-order valence-corrected chi connectivity index (χ3v) is 6.69. The van der Waals surface area contributed by atoms with Crippen molar-refractivity contribution in [2.24, 2.45) is 0 Å². The summed E-state index contributed by atoms with van der Waals surface area (Å²) >= 11 is 0. The van der Waals surface area contributed by atoms with Gasteiger partial charge in [-0.1, -0.05) is 0 Å². The van der Waals surface area contributed by atoms with E-state index in [1.54, 1.807) is 7.11 Å². The Kier molecular flexibility index (Phi) is 17.1. The highest BCUT2D eigenvalue weighted by Gasteiger charge is 2.18. The van der Waals surface area contributed by atoms with E-state index in [2.05, 4.69) is 36.0 Å². The van der Waals surface area contributed by atoms with Crippen LogP contribution in [-0.4, -0.2) is 143 Å². The molecular weight excluding hydrogens is 486 g/mol. The minimum atomic E-state index is -0.317. The molecule has 36 heavy (non-hydrogen) atoms. The summed E-state index contributed by atoms with van der Waals surface area (Å²) in [7, 11) is 1.40. The summed E-state index contributed by atoms with van der Waals surface area (Å²) in [5, 5.41) is 10.7. The van der Waals surface area contributed by atoms with Crippen molar-refractivity contribution in [1.29, 1.82) is 0 Å². The summed E-state index contributed by atoms with van der Waals surface area (Å²) in [6, 6.07) is 0. The second-order valence-electron chi connectivity index (χ2n) is 9.14. The van der Waals surface area contributed by atoms with Crippen molar-refractivity contribution in [3.8, 4) is 0 Å². The highest BCUT2D eigenvalue weighted by atomic mass is 32.2. The van der Waals surface area contributed by atoms with Gasteiger partial charge in [0.15, 0.2) is 0 Å². The van der Waals surface area contributed by atoms with Crippen LogP contribution in [-0.2, 0) is 23.9 Å². The van der Waals surface area contributed by atoms with Crippen molar-refractivity contribution < 1.29 is 23.9 Å². The van der Waals surface area contributed by atoms with Crippen molar-refractivity contribution in [3.63, 3.8) is 0 Å². The second kappa shape index (κ2) is 19.2. The zero-order valence-electron chi connectivity index (χ0n) is 22.4. The summed E-state index contributed by atoms with van der Waals surface area (Å²) < 4.78 is 5.16. The fourth-order valence-electron chi connectivity index (χ4n) is 3.62. The third-order valence-electron chi connectivity index (χ3n) is 5.77. The van der Waals surface area contributed by atoms with Crippen molar-refractivity contribution in [2.45, 2.75) is 19.8 Å². The van der Waals surface area contributed by atoms with Crippen LogP contribution < -0.4 is 21.3 Å². The van der Waals surface area contributed by atoms with Crippen molar-refractivity contribution in [1.82, 2.24) is 36.0 Å². The number of carbonyl (C=O) groups excluding carboxylic acids is 4. The number of amides is 4. The van der Waals surface area contributed by atoms with Crippen LogP contribution in [0.2, 0.25) is 0 Å². The van der Waals surface area contributed by atoms with Gasteiger partial charge in [-0.05, 0) is 12.5 Å². The average Bonchev–Trinajstić information content (AvgIpc) is 2.82. The van der Waals surface area contributed by atoms with Gasteiger partial charge >= 0.3 is 0 Å². The summed E-state index contributed by atoms with van der Waals surface area (Å²) in [6.45, 7) is 9.90. The number of piperazine rings is 1. The zero-order chi connectivity index (χ0) is 26.8. The number of methoxy groups -OCH3 is 1. The van der Waals surface area contributed by atoms with E-state index in [9.17, 15) is 19.2 Å². The molecule has 0 aromatic rings. The molecule has 0 aromatic heterocycles. The van der Waals surface area contributed by atoms with Gasteiger partial charge in [-0.25, -0.2) is 0 Å². The Bertz CT molecular complexity index is 675. The van der Waals surface area contributed by atoms with E-state index in [4.69, 9.17) is 4.74 Å². The second-order valence-corrected chi connectivity index (χ2v) is 11.6. The Balaban J connectivity index is 2.44. The van der Waals surface area contributed by atoms with Gasteiger partial charge in [0.1, 0.15) is 0 Å². The first-order chi connectivity index (χ1) is 17.2. The molecule has 0 aliphatic carbocycles. The number of hydrogen-bond acceptors (Lipinski definition) is 8. The molecule has 13 heteroatoms. The lowest BCUT2D eigenvalue weighted by Gasteiger charge is -2.35. The molecule has 0 unspecified atom stereocenters. The Labute approximate surface area is 218 Å². The smallest absolute Gasteiger partial charge is 0.229 e. The lowest BCUT2D eigenvalue weighted by molar-refractivity contribution is -0.123. The maximum Gasteiger partial charge on any atom is 0.229 e. The lowest BCUT2D eigenvalue weighted by Crippen LogP contribution is -2.49. The highest BCUT2D eigenvalue weighted by molar-refractivity contribution is 8.16. The van der Waals surface area contributed by atoms with E-state index in [1.165, 1.54) is 6.92 Å². The third kappa shape index (κ3) is 16.7. The maximum absolute atomic E-state index is 12.3. The first kappa shape index (κ1) is 32.1. The van der Waals surface area contributed by atoms with Gasteiger partial charge in [0.25, 0.3) is 0 Å². The Hall–Kier alpha value is -1.93. The number of carbonyl (C=O) groups is 4. The molecule has 1 saturated heterocycles. The molecule has 1 aliphatic rings. The summed E-state index contributed by atoms with van der Waals surface area (Å²) in [5.74, 6) is -0.0620. The molecule has 210 valence electrons. The van der Waals surface area contributed by atoms with Crippen LogP contribution in [0.25, 0.3) is 0 Å². The molecule has 1 rings (SSSR count). The Morgan fingerprint density at radius 1 is 0.778 bits per heavy atom. The van der Waals surface area contributed by atoms with Gasteiger partial charge < -0.3 is 30.9 Å². The van der Waals surface area contributed by atoms with E-state index in [0.29, 0.717) is 18.8 Å². The normalized spacial score (nSPS) is 14.9. The number of nitrogens with zero attached hydrogens (tertiary/aromatic N) is 3. The van der Waals surface area contributed by atoms with Crippen LogP contribution >= 0.6 is 10.9 Å². The van der Waals surface area contributed by atoms with E-state index in [-0.39, 0.29) is 60.7 Å². The van der Waals surface area contributed by atoms with Gasteiger partial charge in [0, 0.05) is 85.8 Å². The van der Waals surface area contributed by atoms with Crippen LogP contribution in [0.4, 0.5) is 0 Å². The Morgan fingerprint density at radius 3 is 1.78 bits per heavy atom. The molecule has 1 fully saturated rings. The molecule has 0 aromatic carbocycles. The molecule has 0 radical (unpaired) electrons. The Morgan fingerprint density at radius 2 is 1.28 bits per heavy atom. The van der Waals surface area contributed by atoms with Crippen molar-refractivity contribution in [3.05, 3.63) is 0 Å². The van der Waals surface area contributed by atoms with Gasteiger partial charge in [-0.2, -0.15) is 0 Å². The maximum atomic E-state index is 12.3. The summed E-state index contributed by atoms with van der Waals surface area (Å²) in [6.07, 6.45) is 4.62. The van der Waals surface area contributed by atoms with Crippen LogP contribution in [0.15, 0.2) is 0 Å².